The number of aliphatic hydroxyl groups is 2. The van der Waals surface area contributed by atoms with Gasteiger partial charge in [-0.1, -0.05) is 42.5 Å². The molecule has 3 N–H and O–H groups in total. The van der Waals surface area contributed by atoms with Crippen molar-refractivity contribution in [3.8, 4) is 11.1 Å². The summed E-state index contributed by atoms with van der Waals surface area (Å²) in [7, 11) is 0. The smallest absolute Gasteiger partial charge is 0.164 e. The molecular formula is C24H26N4O3. The van der Waals surface area contributed by atoms with Crippen LogP contribution in [-0.4, -0.2) is 44.4 Å². The van der Waals surface area contributed by atoms with Gasteiger partial charge in [0, 0.05) is 17.3 Å². The lowest BCUT2D eigenvalue weighted by Gasteiger charge is -2.26. The van der Waals surface area contributed by atoms with Crippen molar-refractivity contribution in [2.75, 3.05) is 5.43 Å². The van der Waals surface area contributed by atoms with Crippen molar-refractivity contribution >= 4 is 17.8 Å². The first-order valence-electron chi connectivity index (χ1n) is 10.5. The number of hydrogen-bond donors (Lipinski definition) is 3. The van der Waals surface area contributed by atoms with Crippen LogP contribution in [0.15, 0.2) is 65.8 Å². The van der Waals surface area contributed by atoms with Gasteiger partial charge in [0.25, 0.3) is 0 Å². The number of fused-ring (bicyclic) bond motifs is 1. The van der Waals surface area contributed by atoms with Gasteiger partial charge in [-0.25, -0.2) is 4.99 Å². The molecule has 0 saturated carbocycles. The molecule has 1 fully saturated rings. The standard InChI is InChI=1S/C24H26N4O3/c1-15-7-6-10-18(11-15)26-27-12-20-19(17-8-4-3-5-9-17)13-28(23(20)25-14-27)24-22(30)21(29)16(2)31-24/h3-11,13-14,16,21-22,24,26,29-30H,12H2,1-2H3/t16-,21-,22-,24-/m1/s1. The predicted molar refractivity (Wildman–Crippen MR) is 120 cm³/mol. The minimum Gasteiger partial charge on any atom is -0.388 e. The second-order valence-electron chi connectivity index (χ2n) is 8.18. The predicted octanol–water partition coefficient (Wildman–Crippen LogP) is 3.61. The number of aryl methyl sites for hydroxylation is 1. The van der Waals surface area contributed by atoms with Crippen LogP contribution in [0.5, 0.6) is 0 Å². The van der Waals surface area contributed by atoms with Crippen LogP contribution in [0.3, 0.4) is 0 Å². The summed E-state index contributed by atoms with van der Waals surface area (Å²) in [5, 5.41) is 22.7. The van der Waals surface area contributed by atoms with Crippen LogP contribution in [0.2, 0.25) is 0 Å². The highest BCUT2D eigenvalue weighted by Crippen LogP contribution is 2.41. The van der Waals surface area contributed by atoms with Gasteiger partial charge in [0.05, 0.1) is 18.3 Å². The van der Waals surface area contributed by atoms with E-state index in [-0.39, 0.29) is 0 Å². The lowest BCUT2D eigenvalue weighted by atomic mass is 10.0. The van der Waals surface area contributed by atoms with E-state index < -0.39 is 24.5 Å². The average Bonchev–Trinajstić information content (AvgIpc) is 3.27. The number of hydrazine groups is 1. The molecule has 1 saturated heterocycles. The van der Waals surface area contributed by atoms with E-state index in [1.165, 1.54) is 5.56 Å². The second-order valence-corrected chi connectivity index (χ2v) is 8.18. The number of nitrogens with one attached hydrogen (secondary N) is 1. The van der Waals surface area contributed by atoms with Crippen LogP contribution in [-0.2, 0) is 11.3 Å². The summed E-state index contributed by atoms with van der Waals surface area (Å²) >= 11 is 0. The Bertz CT molecular complexity index is 1110. The highest BCUT2D eigenvalue weighted by atomic mass is 16.6. The number of aliphatic hydroxyl groups excluding tert-OH is 2. The van der Waals surface area contributed by atoms with E-state index in [2.05, 4.69) is 36.6 Å². The molecular weight excluding hydrogens is 392 g/mol. The number of aromatic nitrogens is 1. The summed E-state index contributed by atoms with van der Waals surface area (Å²) in [5.41, 5.74) is 8.67. The normalized spacial score (nSPS) is 25.0. The molecule has 160 valence electrons. The molecule has 7 heteroatoms. The highest BCUT2D eigenvalue weighted by Gasteiger charge is 2.42. The van der Waals surface area contributed by atoms with Gasteiger partial charge >= 0.3 is 0 Å². The minimum absolute atomic E-state index is 0.453. The molecule has 7 nitrogen and oxygen atoms in total. The number of aliphatic imine (C=N–C) groups is 1. The quantitative estimate of drug-likeness (QED) is 0.603. The zero-order chi connectivity index (χ0) is 21.5. The number of anilines is 1. The molecule has 4 atom stereocenters. The van der Waals surface area contributed by atoms with Crippen molar-refractivity contribution < 1.29 is 14.9 Å². The molecule has 5 rings (SSSR count). The molecule has 2 aromatic carbocycles. The second kappa shape index (κ2) is 7.85. The number of ether oxygens (including phenoxy) is 1. The van der Waals surface area contributed by atoms with Gasteiger partial charge < -0.3 is 19.5 Å². The van der Waals surface area contributed by atoms with Crippen LogP contribution >= 0.6 is 0 Å². The highest BCUT2D eigenvalue weighted by molar-refractivity contribution is 5.77. The fraction of sp³-hybridized carbons (Fsp3) is 0.292. The maximum atomic E-state index is 10.6. The fourth-order valence-corrected chi connectivity index (χ4v) is 4.26. The van der Waals surface area contributed by atoms with E-state index >= 15 is 0 Å². The lowest BCUT2D eigenvalue weighted by molar-refractivity contribution is -0.0308. The zero-order valence-electron chi connectivity index (χ0n) is 17.5. The van der Waals surface area contributed by atoms with Gasteiger partial charge in [-0.3, -0.25) is 10.4 Å². The molecule has 1 aromatic heterocycles. The van der Waals surface area contributed by atoms with Gasteiger partial charge in [0.2, 0.25) is 0 Å². The molecule has 0 spiro atoms. The Morgan fingerprint density at radius 2 is 1.87 bits per heavy atom. The minimum atomic E-state index is -1.02. The van der Waals surface area contributed by atoms with Crippen LogP contribution in [0.25, 0.3) is 11.1 Å². The maximum Gasteiger partial charge on any atom is 0.164 e. The first-order chi connectivity index (χ1) is 15.0. The summed E-state index contributed by atoms with van der Waals surface area (Å²) in [5.74, 6) is 0.728. The third-order valence-electron chi connectivity index (χ3n) is 5.88. The molecule has 2 aliphatic heterocycles. The molecule has 0 amide bonds. The Labute approximate surface area is 181 Å². The summed E-state index contributed by atoms with van der Waals surface area (Å²) < 4.78 is 7.73. The topological polar surface area (TPSA) is 82.3 Å². The third kappa shape index (κ3) is 3.61. The summed E-state index contributed by atoms with van der Waals surface area (Å²) in [6.07, 6.45) is 0.613. The molecule has 0 aliphatic carbocycles. The number of rotatable bonds is 4. The lowest BCUT2D eigenvalue weighted by Crippen LogP contribution is -2.31. The molecule has 3 aromatic rings. The monoisotopic (exact) mass is 418 g/mol. The Hall–Kier alpha value is -3.13. The first kappa shape index (κ1) is 19.8. The molecule has 0 unspecified atom stereocenters. The van der Waals surface area contributed by atoms with Crippen molar-refractivity contribution in [1.29, 1.82) is 0 Å². The van der Waals surface area contributed by atoms with Crippen molar-refractivity contribution in [3.63, 3.8) is 0 Å². The Morgan fingerprint density at radius 1 is 1.06 bits per heavy atom. The maximum absolute atomic E-state index is 10.6. The zero-order valence-corrected chi connectivity index (χ0v) is 17.5. The van der Waals surface area contributed by atoms with Crippen LogP contribution in [0.4, 0.5) is 11.5 Å². The van der Waals surface area contributed by atoms with E-state index in [1.54, 1.807) is 13.3 Å². The third-order valence-corrected chi connectivity index (χ3v) is 5.88. The summed E-state index contributed by atoms with van der Waals surface area (Å²) in [6.45, 7) is 4.41. The molecule has 0 bridgehead atoms. The Morgan fingerprint density at radius 3 is 2.58 bits per heavy atom. The van der Waals surface area contributed by atoms with Gasteiger partial charge in [0.1, 0.15) is 24.4 Å². The fourth-order valence-electron chi connectivity index (χ4n) is 4.26. The van der Waals surface area contributed by atoms with Crippen LogP contribution < -0.4 is 5.43 Å². The van der Waals surface area contributed by atoms with Crippen LogP contribution in [0.1, 0.15) is 24.3 Å². The van der Waals surface area contributed by atoms with E-state index in [0.717, 1.165) is 28.2 Å². The molecule has 0 radical (unpaired) electrons. The Kier molecular flexibility index (Phi) is 5.02. The largest absolute Gasteiger partial charge is 0.388 e. The van der Waals surface area contributed by atoms with Gasteiger partial charge in [-0.15, -0.1) is 0 Å². The Balaban J connectivity index is 1.53. The number of benzene rings is 2. The van der Waals surface area contributed by atoms with Crippen molar-refractivity contribution in [3.05, 3.63) is 71.9 Å². The summed E-state index contributed by atoms with van der Waals surface area (Å²) in [6, 6.07) is 18.3. The molecule has 3 heterocycles. The van der Waals surface area contributed by atoms with Crippen molar-refractivity contribution in [1.82, 2.24) is 9.58 Å². The van der Waals surface area contributed by atoms with Gasteiger partial charge in [-0.2, -0.15) is 0 Å². The summed E-state index contributed by atoms with van der Waals surface area (Å²) in [4.78, 5) is 4.70. The van der Waals surface area contributed by atoms with Gasteiger partial charge in [0.15, 0.2) is 6.23 Å². The van der Waals surface area contributed by atoms with E-state index in [4.69, 9.17) is 9.73 Å². The van der Waals surface area contributed by atoms with Crippen molar-refractivity contribution in [2.24, 2.45) is 4.99 Å². The number of nitrogens with zero attached hydrogens (tertiary/aromatic N) is 3. The number of hydrogen-bond acceptors (Lipinski definition) is 6. The van der Waals surface area contributed by atoms with E-state index in [1.807, 2.05) is 46.1 Å². The molecule has 2 aliphatic rings. The van der Waals surface area contributed by atoms with E-state index in [9.17, 15) is 10.2 Å². The van der Waals surface area contributed by atoms with Gasteiger partial charge in [-0.05, 0) is 37.1 Å². The first-order valence-corrected chi connectivity index (χ1v) is 10.5. The van der Waals surface area contributed by atoms with Crippen molar-refractivity contribution in [2.45, 2.75) is 44.9 Å². The molecule has 31 heavy (non-hydrogen) atoms. The SMILES string of the molecule is Cc1cccc(NN2C=Nc3c(c(-c4ccccc4)cn3[C@@H]3O[C@H](C)[C@@H](O)[C@H]3O)C2)c1. The van der Waals surface area contributed by atoms with E-state index in [0.29, 0.717) is 6.54 Å². The van der Waals surface area contributed by atoms with Crippen LogP contribution in [0, 0.1) is 6.92 Å². The average molecular weight is 418 g/mol.